The highest BCUT2D eigenvalue weighted by atomic mass is 16.5. The Labute approximate surface area is 170 Å². The molecule has 0 saturated heterocycles. The lowest BCUT2D eigenvalue weighted by Crippen LogP contribution is -2.69. The van der Waals surface area contributed by atoms with Crippen molar-refractivity contribution >= 4 is 11.8 Å². The Morgan fingerprint density at radius 3 is 2.86 bits per heavy atom. The van der Waals surface area contributed by atoms with Crippen LogP contribution < -0.4 is 15.4 Å². The van der Waals surface area contributed by atoms with Crippen LogP contribution in [0.25, 0.3) is 0 Å². The molecule has 1 aromatic heterocycles. The first-order valence-corrected chi connectivity index (χ1v) is 10.3. The number of hydrogen-bond donors (Lipinski definition) is 2. The van der Waals surface area contributed by atoms with Gasteiger partial charge >= 0.3 is 0 Å². The molecule has 4 aliphatic rings. The summed E-state index contributed by atoms with van der Waals surface area (Å²) in [6.45, 7) is 4.44. The second-order valence-electron chi connectivity index (χ2n) is 9.03. The van der Waals surface area contributed by atoms with Crippen molar-refractivity contribution in [1.82, 2.24) is 10.6 Å². The van der Waals surface area contributed by atoms with Crippen LogP contribution in [0.2, 0.25) is 0 Å². The Morgan fingerprint density at radius 1 is 1.28 bits per heavy atom. The number of carbonyl (C=O) groups is 2. The molecule has 1 spiro atoms. The Kier molecular flexibility index (Phi) is 4.02. The van der Waals surface area contributed by atoms with Gasteiger partial charge in [-0.2, -0.15) is 0 Å². The standard InChI is InChI=1S/C23H26N2O4/c1-14-7-8-16(28-14)12-24-21(27)18-11-15-9-10-22(18,2)13-23(15)25-20(26)17-5-3-4-6-19(17)29-23/h3-8,15,18H,9-13H2,1-2H3,(H,24,27)(H,25,26)/t15-,18+,22+,23+/m1/s1. The molecule has 6 heteroatoms. The van der Waals surface area contributed by atoms with Crippen LogP contribution in [0.3, 0.4) is 0 Å². The van der Waals surface area contributed by atoms with Gasteiger partial charge < -0.3 is 19.8 Å². The normalized spacial score (nSPS) is 32.4. The third-order valence-corrected chi connectivity index (χ3v) is 7.05. The fourth-order valence-electron chi connectivity index (χ4n) is 5.54. The Bertz CT molecular complexity index is 983. The number of hydrogen-bond acceptors (Lipinski definition) is 4. The number of para-hydroxylation sites is 1. The van der Waals surface area contributed by atoms with Gasteiger partial charge in [-0.15, -0.1) is 0 Å². The van der Waals surface area contributed by atoms with Gasteiger partial charge in [-0.05, 0) is 55.9 Å². The molecule has 29 heavy (non-hydrogen) atoms. The lowest BCUT2D eigenvalue weighted by atomic mass is 9.52. The molecular weight excluding hydrogens is 368 g/mol. The molecule has 0 radical (unpaired) electrons. The average Bonchev–Trinajstić information content (AvgIpc) is 3.11. The van der Waals surface area contributed by atoms with Gasteiger partial charge in [0.2, 0.25) is 5.91 Å². The molecule has 3 saturated carbocycles. The number of aryl methyl sites for hydroxylation is 1. The molecular formula is C23H26N2O4. The molecule has 6 rings (SSSR count). The zero-order valence-corrected chi connectivity index (χ0v) is 16.8. The van der Waals surface area contributed by atoms with E-state index in [2.05, 4.69) is 17.6 Å². The quantitative estimate of drug-likeness (QED) is 0.834. The molecule has 0 unspecified atom stereocenters. The van der Waals surface area contributed by atoms with E-state index in [1.807, 2.05) is 37.3 Å². The second-order valence-corrected chi connectivity index (χ2v) is 9.03. The number of ether oxygens (including phenoxy) is 1. The van der Waals surface area contributed by atoms with E-state index in [4.69, 9.17) is 9.15 Å². The van der Waals surface area contributed by atoms with Gasteiger partial charge in [-0.3, -0.25) is 9.59 Å². The third kappa shape index (κ3) is 2.93. The number of nitrogens with one attached hydrogen (secondary N) is 2. The molecule has 2 amide bonds. The van der Waals surface area contributed by atoms with Crippen molar-refractivity contribution in [3.8, 4) is 5.75 Å². The van der Waals surface area contributed by atoms with Crippen LogP contribution in [0.15, 0.2) is 40.8 Å². The average molecular weight is 394 g/mol. The second kappa shape index (κ2) is 6.37. The number of carbonyl (C=O) groups excluding carboxylic acids is 2. The Hall–Kier alpha value is -2.76. The molecule has 6 nitrogen and oxygen atoms in total. The summed E-state index contributed by atoms with van der Waals surface area (Å²) >= 11 is 0. The van der Waals surface area contributed by atoms with E-state index in [-0.39, 0.29) is 29.1 Å². The van der Waals surface area contributed by atoms with Gasteiger partial charge in [-0.1, -0.05) is 19.1 Å². The van der Waals surface area contributed by atoms with Crippen LogP contribution in [0, 0.1) is 24.2 Å². The van der Waals surface area contributed by atoms with Crippen LogP contribution in [-0.4, -0.2) is 17.5 Å². The first kappa shape index (κ1) is 18.3. The van der Waals surface area contributed by atoms with E-state index in [0.717, 1.165) is 24.4 Å². The highest BCUT2D eigenvalue weighted by molar-refractivity contribution is 5.98. The fraction of sp³-hybridized carbons (Fsp3) is 0.478. The highest BCUT2D eigenvalue weighted by Crippen LogP contribution is 2.58. The summed E-state index contributed by atoms with van der Waals surface area (Å²) in [4.78, 5) is 25.8. The summed E-state index contributed by atoms with van der Waals surface area (Å²) in [5.41, 5.74) is -0.363. The minimum atomic E-state index is -0.715. The molecule has 2 heterocycles. The van der Waals surface area contributed by atoms with E-state index < -0.39 is 5.72 Å². The molecule has 2 aromatic rings. The SMILES string of the molecule is Cc1ccc(CNC(=O)[C@@H]2C[C@H]3CC[C@@]2(C)C[C@@]32NC(=O)c3ccccc3O2)o1. The lowest BCUT2D eigenvalue weighted by Gasteiger charge is -2.59. The topological polar surface area (TPSA) is 80.6 Å². The number of furan rings is 1. The van der Waals surface area contributed by atoms with E-state index in [1.54, 1.807) is 6.07 Å². The summed E-state index contributed by atoms with van der Waals surface area (Å²) in [6, 6.07) is 11.2. The molecule has 3 aliphatic carbocycles. The van der Waals surface area contributed by atoms with Crippen molar-refractivity contribution in [1.29, 1.82) is 0 Å². The van der Waals surface area contributed by atoms with E-state index in [9.17, 15) is 9.59 Å². The minimum Gasteiger partial charge on any atom is -0.467 e. The van der Waals surface area contributed by atoms with Crippen LogP contribution in [0.4, 0.5) is 0 Å². The van der Waals surface area contributed by atoms with Crippen LogP contribution in [0.5, 0.6) is 5.75 Å². The van der Waals surface area contributed by atoms with Crippen LogP contribution in [-0.2, 0) is 11.3 Å². The monoisotopic (exact) mass is 394 g/mol. The summed E-state index contributed by atoms with van der Waals surface area (Å²) in [5.74, 6) is 2.23. The predicted octanol–water partition coefficient (Wildman–Crippen LogP) is 3.55. The molecule has 3 fully saturated rings. The van der Waals surface area contributed by atoms with Crippen LogP contribution >= 0.6 is 0 Å². The summed E-state index contributed by atoms with van der Waals surface area (Å²) in [6.07, 6.45) is 3.25. The van der Waals surface area contributed by atoms with Crippen molar-refractivity contribution < 1.29 is 18.7 Å². The number of rotatable bonds is 3. The molecule has 2 bridgehead atoms. The van der Waals surface area contributed by atoms with Gasteiger partial charge in [0.1, 0.15) is 17.3 Å². The van der Waals surface area contributed by atoms with E-state index in [0.29, 0.717) is 30.7 Å². The van der Waals surface area contributed by atoms with Crippen molar-refractivity contribution in [3.63, 3.8) is 0 Å². The number of fused-ring (bicyclic) bond motifs is 3. The minimum absolute atomic E-state index is 0.0589. The number of amides is 2. The third-order valence-electron chi connectivity index (χ3n) is 7.05. The zero-order valence-electron chi connectivity index (χ0n) is 16.8. The number of benzene rings is 1. The summed E-state index contributed by atoms with van der Waals surface area (Å²) in [5, 5.41) is 6.20. The van der Waals surface area contributed by atoms with Crippen molar-refractivity contribution in [3.05, 3.63) is 53.5 Å². The predicted molar refractivity (Wildman–Crippen MR) is 106 cm³/mol. The highest BCUT2D eigenvalue weighted by Gasteiger charge is 2.61. The van der Waals surface area contributed by atoms with Gasteiger partial charge in [-0.25, -0.2) is 0 Å². The zero-order chi connectivity index (χ0) is 20.2. The maximum Gasteiger partial charge on any atom is 0.258 e. The first-order valence-electron chi connectivity index (χ1n) is 10.3. The summed E-state index contributed by atoms with van der Waals surface area (Å²) in [7, 11) is 0. The molecule has 2 N–H and O–H groups in total. The van der Waals surface area contributed by atoms with Gasteiger partial charge in [0, 0.05) is 18.3 Å². The van der Waals surface area contributed by atoms with Gasteiger partial charge in [0.05, 0.1) is 12.1 Å². The van der Waals surface area contributed by atoms with Crippen LogP contribution in [0.1, 0.15) is 54.5 Å². The smallest absolute Gasteiger partial charge is 0.258 e. The maximum atomic E-state index is 13.0. The molecule has 152 valence electrons. The largest absolute Gasteiger partial charge is 0.467 e. The first-order chi connectivity index (χ1) is 13.9. The maximum absolute atomic E-state index is 13.0. The molecule has 1 aromatic carbocycles. The molecule has 4 atom stereocenters. The Balaban J connectivity index is 1.35. The van der Waals surface area contributed by atoms with Crippen molar-refractivity contribution in [2.75, 3.05) is 0 Å². The van der Waals surface area contributed by atoms with E-state index in [1.165, 1.54) is 0 Å². The van der Waals surface area contributed by atoms with E-state index >= 15 is 0 Å². The lowest BCUT2D eigenvalue weighted by molar-refractivity contribution is -0.167. The van der Waals surface area contributed by atoms with Crippen molar-refractivity contribution in [2.24, 2.45) is 17.3 Å². The van der Waals surface area contributed by atoms with Gasteiger partial charge in [0.15, 0.2) is 5.72 Å². The molecule has 1 aliphatic heterocycles. The Morgan fingerprint density at radius 2 is 2.10 bits per heavy atom. The van der Waals surface area contributed by atoms with Crippen molar-refractivity contribution in [2.45, 2.75) is 51.8 Å². The summed E-state index contributed by atoms with van der Waals surface area (Å²) < 4.78 is 12.0. The fourth-order valence-corrected chi connectivity index (χ4v) is 5.54. The van der Waals surface area contributed by atoms with Gasteiger partial charge in [0.25, 0.3) is 5.91 Å².